The first kappa shape index (κ1) is 23.9. The lowest BCUT2D eigenvalue weighted by Crippen LogP contribution is -2.47. The van der Waals surface area contributed by atoms with Crippen LogP contribution in [0.3, 0.4) is 0 Å². The molecule has 8 heteroatoms. The van der Waals surface area contributed by atoms with E-state index in [0.29, 0.717) is 52.9 Å². The minimum absolute atomic E-state index is 0.0488. The molecule has 0 aliphatic rings. The lowest BCUT2D eigenvalue weighted by atomic mass is 10.2. The van der Waals surface area contributed by atoms with Crippen LogP contribution in [0.2, 0.25) is 6.04 Å². The van der Waals surface area contributed by atoms with Crippen molar-refractivity contribution in [2.75, 3.05) is 60.0 Å². The van der Waals surface area contributed by atoms with Gasteiger partial charge in [0.1, 0.15) is 0 Å². The van der Waals surface area contributed by atoms with Crippen LogP contribution in [-0.4, -0.2) is 74.8 Å². The highest BCUT2D eigenvalue weighted by Gasteiger charge is 2.40. The molecule has 1 unspecified atom stereocenters. The van der Waals surface area contributed by atoms with Crippen LogP contribution < -0.4 is 5.73 Å². The van der Waals surface area contributed by atoms with Crippen LogP contribution in [0, 0.1) is 0 Å². The van der Waals surface area contributed by atoms with Crippen molar-refractivity contribution in [3.8, 4) is 0 Å². The van der Waals surface area contributed by atoms with E-state index in [4.69, 9.17) is 33.2 Å². The summed E-state index contributed by atoms with van der Waals surface area (Å²) in [7, 11) is -0.930. The molecule has 0 aromatic heterocycles. The second-order valence-electron chi connectivity index (χ2n) is 5.29. The van der Waals surface area contributed by atoms with Gasteiger partial charge in [0.25, 0.3) is 0 Å². The maximum atomic E-state index is 6.18. The molecule has 0 saturated carbocycles. The Balaban J connectivity index is 3.88. The van der Waals surface area contributed by atoms with Gasteiger partial charge in [-0.25, -0.2) is 0 Å². The van der Waals surface area contributed by atoms with Gasteiger partial charge in [0.2, 0.25) is 0 Å². The monoisotopic (exact) mass is 367 g/mol. The van der Waals surface area contributed by atoms with Crippen molar-refractivity contribution in [2.45, 2.75) is 45.7 Å². The van der Waals surface area contributed by atoms with Crippen LogP contribution in [0.4, 0.5) is 0 Å². The molecule has 0 amide bonds. The van der Waals surface area contributed by atoms with Crippen molar-refractivity contribution < 1.29 is 27.5 Å². The highest BCUT2D eigenvalue weighted by molar-refractivity contribution is 6.60. The molecular formula is C16H37NO6Si. The van der Waals surface area contributed by atoms with Crippen LogP contribution in [0.5, 0.6) is 0 Å². The second kappa shape index (κ2) is 16.4. The molecule has 0 aromatic rings. The molecule has 0 spiro atoms. The minimum atomic E-state index is -2.58. The molecule has 2 N–H and O–H groups in total. The number of nitrogens with two attached hydrogens (primary N) is 1. The Kier molecular flexibility index (Phi) is 16.4. The molecule has 1 atom stereocenters. The first-order chi connectivity index (χ1) is 11.6. The zero-order valence-electron chi connectivity index (χ0n) is 15.9. The predicted molar refractivity (Wildman–Crippen MR) is 96.2 cm³/mol. The van der Waals surface area contributed by atoms with E-state index in [1.54, 1.807) is 7.11 Å². The van der Waals surface area contributed by atoms with E-state index in [1.165, 1.54) is 0 Å². The lowest BCUT2D eigenvalue weighted by molar-refractivity contribution is 0.0231. The predicted octanol–water partition coefficient (Wildman–Crippen LogP) is 1.82. The Morgan fingerprint density at radius 2 is 1.25 bits per heavy atom. The summed E-state index contributed by atoms with van der Waals surface area (Å²) in [5, 5.41) is 0. The highest BCUT2D eigenvalue weighted by atomic mass is 28.4. The van der Waals surface area contributed by atoms with Crippen molar-refractivity contribution in [2.24, 2.45) is 5.73 Å². The standard InChI is InChI=1S/C16H37NO6Si/c1-5-21-24(22-6-2,23-7-3)15-9-16(17)8-10-19-13-14-20-12-11-18-4/h16H,5-15,17H2,1-4H3. The number of hydrogen-bond donors (Lipinski definition) is 1. The first-order valence-corrected chi connectivity index (χ1v) is 10.9. The summed E-state index contributed by atoms with van der Waals surface area (Å²) in [6.45, 7) is 10.6. The van der Waals surface area contributed by atoms with E-state index in [1.807, 2.05) is 20.8 Å². The Bertz CT molecular complexity index is 256. The highest BCUT2D eigenvalue weighted by Crippen LogP contribution is 2.19. The van der Waals surface area contributed by atoms with Gasteiger partial charge in [0.05, 0.1) is 26.4 Å². The molecule has 0 bridgehead atoms. The summed E-state index contributed by atoms with van der Waals surface area (Å²) in [6.07, 6.45) is 1.60. The van der Waals surface area contributed by atoms with E-state index in [2.05, 4.69) is 0 Å². The third-order valence-electron chi connectivity index (χ3n) is 3.35. The molecule has 0 aromatic carbocycles. The van der Waals surface area contributed by atoms with Crippen LogP contribution in [0.15, 0.2) is 0 Å². The summed E-state index contributed by atoms with van der Waals surface area (Å²) in [6, 6.07) is 0.789. The molecular weight excluding hydrogens is 330 g/mol. The molecule has 0 rings (SSSR count). The average molecular weight is 368 g/mol. The van der Waals surface area contributed by atoms with Gasteiger partial charge < -0.3 is 33.2 Å². The number of hydrogen-bond acceptors (Lipinski definition) is 7. The molecule has 24 heavy (non-hydrogen) atoms. The van der Waals surface area contributed by atoms with E-state index in [9.17, 15) is 0 Å². The van der Waals surface area contributed by atoms with Gasteiger partial charge in [-0.2, -0.15) is 0 Å². The minimum Gasteiger partial charge on any atom is -0.382 e. The largest absolute Gasteiger partial charge is 0.500 e. The van der Waals surface area contributed by atoms with Crippen molar-refractivity contribution in [1.29, 1.82) is 0 Å². The maximum absolute atomic E-state index is 6.18. The Hall–Kier alpha value is -0.0631. The van der Waals surface area contributed by atoms with Gasteiger partial charge in [0, 0.05) is 45.6 Å². The van der Waals surface area contributed by atoms with E-state index >= 15 is 0 Å². The van der Waals surface area contributed by atoms with Crippen molar-refractivity contribution in [1.82, 2.24) is 0 Å². The van der Waals surface area contributed by atoms with Gasteiger partial charge in [-0.1, -0.05) is 0 Å². The van der Waals surface area contributed by atoms with Crippen LogP contribution in [0.1, 0.15) is 33.6 Å². The number of methoxy groups -OCH3 is 1. The summed E-state index contributed by atoms with van der Waals surface area (Å²) >= 11 is 0. The summed E-state index contributed by atoms with van der Waals surface area (Å²) in [5.74, 6) is 0. The van der Waals surface area contributed by atoms with Crippen molar-refractivity contribution in [3.63, 3.8) is 0 Å². The van der Waals surface area contributed by atoms with E-state index in [-0.39, 0.29) is 6.04 Å². The smallest absolute Gasteiger partial charge is 0.382 e. The molecule has 0 aliphatic heterocycles. The average Bonchev–Trinajstić information content (AvgIpc) is 2.56. The van der Waals surface area contributed by atoms with Gasteiger partial charge in [-0.15, -0.1) is 0 Å². The van der Waals surface area contributed by atoms with Crippen LogP contribution in [0.25, 0.3) is 0 Å². The molecule has 0 aliphatic carbocycles. The van der Waals surface area contributed by atoms with E-state index in [0.717, 1.165) is 18.9 Å². The van der Waals surface area contributed by atoms with Gasteiger partial charge in [0.15, 0.2) is 0 Å². The van der Waals surface area contributed by atoms with Gasteiger partial charge >= 0.3 is 8.80 Å². The summed E-state index contributed by atoms with van der Waals surface area (Å²) < 4.78 is 33.3. The Morgan fingerprint density at radius 1 is 0.750 bits per heavy atom. The van der Waals surface area contributed by atoms with Crippen LogP contribution in [-0.2, 0) is 27.5 Å². The lowest BCUT2D eigenvalue weighted by Gasteiger charge is -2.29. The van der Waals surface area contributed by atoms with Gasteiger partial charge in [-0.05, 0) is 33.6 Å². The summed E-state index contributed by atoms with van der Waals surface area (Å²) in [5.41, 5.74) is 6.18. The Labute approximate surface area is 148 Å². The zero-order valence-corrected chi connectivity index (χ0v) is 16.9. The van der Waals surface area contributed by atoms with Crippen LogP contribution >= 0.6 is 0 Å². The molecule has 0 heterocycles. The van der Waals surface area contributed by atoms with Crippen molar-refractivity contribution >= 4 is 8.80 Å². The Morgan fingerprint density at radius 3 is 1.75 bits per heavy atom. The molecule has 0 radical (unpaired) electrons. The normalized spacial score (nSPS) is 13.4. The SMILES string of the molecule is CCO[Si](CCC(N)CCOCCOCCOC)(OCC)OCC. The third kappa shape index (κ3) is 12.3. The number of rotatable bonds is 18. The quantitative estimate of drug-likeness (QED) is 0.292. The fourth-order valence-corrected chi connectivity index (χ4v) is 4.93. The molecule has 0 saturated heterocycles. The summed E-state index contributed by atoms with van der Waals surface area (Å²) in [4.78, 5) is 0. The number of ether oxygens (including phenoxy) is 3. The van der Waals surface area contributed by atoms with E-state index < -0.39 is 8.80 Å². The maximum Gasteiger partial charge on any atom is 0.500 e. The third-order valence-corrected chi connectivity index (χ3v) is 6.44. The molecule has 146 valence electrons. The fraction of sp³-hybridized carbons (Fsp3) is 1.00. The molecule has 7 nitrogen and oxygen atoms in total. The molecule has 0 fully saturated rings. The zero-order chi connectivity index (χ0) is 18.1. The topological polar surface area (TPSA) is 81.4 Å². The van der Waals surface area contributed by atoms with Crippen molar-refractivity contribution in [3.05, 3.63) is 0 Å². The fourth-order valence-electron chi connectivity index (χ4n) is 2.21. The van der Waals surface area contributed by atoms with Gasteiger partial charge in [-0.3, -0.25) is 0 Å². The first-order valence-electron chi connectivity index (χ1n) is 8.95. The second-order valence-corrected chi connectivity index (χ2v) is 8.02.